The Morgan fingerprint density at radius 3 is 2.41 bits per heavy atom. The molecule has 0 saturated heterocycles. The number of alkyl halides is 3. The fraction of sp³-hybridized carbons (Fsp3) is 0.333. The first-order valence-electron chi connectivity index (χ1n) is 11.2. The van der Waals surface area contributed by atoms with Crippen LogP contribution in [0.2, 0.25) is 0 Å². The summed E-state index contributed by atoms with van der Waals surface area (Å²) in [5.74, 6) is -2.69. The predicted molar refractivity (Wildman–Crippen MR) is 125 cm³/mol. The van der Waals surface area contributed by atoms with E-state index in [0.29, 0.717) is 11.1 Å². The van der Waals surface area contributed by atoms with Crippen molar-refractivity contribution in [2.45, 2.75) is 50.1 Å². The number of hydrogen-bond acceptors (Lipinski definition) is 7. The van der Waals surface area contributed by atoms with Gasteiger partial charge in [-0.15, -0.1) is 10.2 Å². The largest absolute Gasteiger partial charge is 0.435 e. The smallest absolute Gasteiger partial charge is 0.418 e. The van der Waals surface area contributed by atoms with Gasteiger partial charge in [-0.05, 0) is 62.4 Å². The molecule has 0 atom stereocenters. The predicted octanol–water partition coefficient (Wildman–Crippen LogP) is 5.36. The first-order chi connectivity index (χ1) is 17.3. The molecule has 37 heavy (non-hydrogen) atoms. The summed E-state index contributed by atoms with van der Waals surface area (Å²) in [5.41, 5.74) is -1.78. The molecule has 1 aliphatic carbocycles. The number of aromatic nitrogens is 3. The summed E-state index contributed by atoms with van der Waals surface area (Å²) in [5, 5.41) is 9.02. The number of ether oxygens (including phenoxy) is 1. The Morgan fingerprint density at radius 1 is 1.11 bits per heavy atom. The molecule has 1 saturated carbocycles. The Hall–Kier alpha value is -3.61. The number of nitrogens with one attached hydrogen (secondary N) is 1. The molecule has 196 valence electrons. The number of carbonyl (C=O) groups excluding carboxylic acids is 1. The lowest BCUT2D eigenvalue weighted by Crippen LogP contribution is -2.21. The van der Waals surface area contributed by atoms with Crippen LogP contribution < -0.4 is 10.1 Å². The van der Waals surface area contributed by atoms with Gasteiger partial charge in [0.2, 0.25) is 11.8 Å². The Balaban J connectivity index is 1.75. The van der Waals surface area contributed by atoms with Gasteiger partial charge in [-0.1, -0.05) is 12.5 Å². The SMILES string of the molecule is Cc1cc(C2CCC2)c(F)nc1Oc1nnc(C(F)(F)F)c(C)c1C(=O)Nc1cccc(S(C)(=O)=O)c1. The van der Waals surface area contributed by atoms with E-state index < -0.39 is 50.6 Å². The number of benzene rings is 1. The van der Waals surface area contributed by atoms with Gasteiger partial charge in [0.15, 0.2) is 15.5 Å². The Kier molecular flexibility index (Phi) is 6.93. The van der Waals surface area contributed by atoms with Crippen LogP contribution in [0.1, 0.15) is 57.9 Å². The molecule has 0 radical (unpaired) electrons. The van der Waals surface area contributed by atoms with Crippen molar-refractivity contribution in [3.05, 3.63) is 64.2 Å². The minimum atomic E-state index is -4.93. The van der Waals surface area contributed by atoms with Gasteiger partial charge in [0, 0.05) is 23.1 Å². The summed E-state index contributed by atoms with van der Waals surface area (Å²) in [4.78, 5) is 16.9. The molecule has 1 aromatic carbocycles. The monoisotopic (exact) mass is 538 g/mol. The molecular weight excluding hydrogens is 516 g/mol. The quantitative estimate of drug-likeness (QED) is 0.332. The van der Waals surface area contributed by atoms with Crippen LogP contribution >= 0.6 is 0 Å². The van der Waals surface area contributed by atoms with Gasteiger partial charge in [-0.3, -0.25) is 4.79 Å². The molecule has 1 fully saturated rings. The Bertz CT molecular complexity index is 1490. The van der Waals surface area contributed by atoms with Gasteiger partial charge in [0.05, 0.1) is 4.90 Å². The van der Waals surface area contributed by atoms with Crippen molar-refractivity contribution in [1.29, 1.82) is 0 Å². The first-order valence-corrected chi connectivity index (χ1v) is 13.1. The van der Waals surface area contributed by atoms with Crippen molar-refractivity contribution in [1.82, 2.24) is 15.2 Å². The number of halogens is 4. The van der Waals surface area contributed by atoms with Crippen LogP contribution in [-0.2, 0) is 16.0 Å². The highest BCUT2D eigenvalue weighted by Crippen LogP contribution is 2.40. The molecule has 8 nitrogen and oxygen atoms in total. The normalized spacial score (nSPS) is 14.2. The van der Waals surface area contributed by atoms with Gasteiger partial charge in [0.1, 0.15) is 5.56 Å². The van der Waals surface area contributed by atoms with E-state index in [2.05, 4.69) is 20.5 Å². The summed E-state index contributed by atoms with van der Waals surface area (Å²) in [6.07, 6.45) is -1.32. The van der Waals surface area contributed by atoms with Gasteiger partial charge < -0.3 is 10.1 Å². The Morgan fingerprint density at radius 2 is 1.81 bits per heavy atom. The van der Waals surface area contributed by atoms with Crippen LogP contribution in [0.4, 0.5) is 23.2 Å². The van der Waals surface area contributed by atoms with Gasteiger partial charge in [0.25, 0.3) is 11.8 Å². The lowest BCUT2D eigenvalue weighted by atomic mass is 9.80. The number of rotatable bonds is 6. The average molecular weight is 539 g/mol. The van der Waals surface area contributed by atoms with E-state index in [-0.39, 0.29) is 22.4 Å². The number of anilines is 1. The molecule has 0 unspecified atom stereocenters. The molecule has 2 heterocycles. The van der Waals surface area contributed by atoms with Crippen LogP contribution in [0, 0.1) is 19.8 Å². The molecule has 1 N–H and O–H groups in total. The van der Waals surface area contributed by atoms with Crippen molar-refractivity contribution >= 4 is 21.4 Å². The van der Waals surface area contributed by atoms with Crippen LogP contribution in [0.15, 0.2) is 35.2 Å². The van der Waals surface area contributed by atoms with E-state index in [1.807, 2.05) is 0 Å². The van der Waals surface area contributed by atoms with Gasteiger partial charge >= 0.3 is 6.18 Å². The molecule has 4 rings (SSSR count). The van der Waals surface area contributed by atoms with E-state index in [1.165, 1.54) is 18.2 Å². The van der Waals surface area contributed by atoms with Crippen LogP contribution in [0.25, 0.3) is 0 Å². The molecule has 3 aromatic rings. The second-order valence-electron chi connectivity index (χ2n) is 8.83. The van der Waals surface area contributed by atoms with Gasteiger partial charge in [-0.25, -0.2) is 8.42 Å². The third-order valence-electron chi connectivity index (χ3n) is 6.09. The van der Waals surface area contributed by atoms with Crippen LogP contribution in [0.5, 0.6) is 11.8 Å². The van der Waals surface area contributed by atoms with E-state index in [4.69, 9.17) is 4.74 Å². The number of nitrogens with zero attached hydrogens (tertiary/aromatic N) is 3. The molecule has 2 aromatic heterocycles. The molecule has 13 heteroatoms. The summed E-state index contributed by atoms with van der Waals surface area (Å²) >= 11 is 0. The van der Waals surface area contributed by atoms with Crippen molar-refractivity contribution < 1.29 is 35.5 Å². The number of aryl methyl sites for hydroxylation is 1. The highest BCUT2D eigenvalue weighted by molar-refractivity contribution is 7.90. The third-order valence-corrected chi connectivity index (χ3v) is 7.20. The molecular formula is C24H22F4N4O4S. The molecule has 0 spiro atoms. The first kappa shape index (κ1) is 26.5. The highest BCUT2D eigenvalue weighted by atomic mass is 32.2. The summed E-state index contributed by atoms with van der Waals surface area (Å²) < 4.78 is 84.5. The third kappa shape index (κ3) is 5.55. The molecule has 0 bridgehead atoms. The van der Waals surface area contributed by atoms with E-state index in [0.717, 1.165) is 38.5 Å². The Labute approximate surface area is 210 Å². The topological polar surface area (TPSA) is 111 Å². The highest BCUT2D eigenvalue weighted by Gasteiger charge is 2.38. The van der Waals surface area contributed by atoms with Gasteiger partial charge in [-0.2, -0.15) is 22.5 Å². The average Bonchev–Trinajstić information content (AvgIpc) is 2.74. The number of carbonyl (C=O) groups is 1. The maximum atomic E-state index is 14.7. The van der Waals surface area contributed by atoms with Crippen LogP contribution in [-0.4, -0.2) is 35.8 Å². The summed E-state index contributed by atoms with van der Waals surface area (Å²) in [6.45, 7) is 2.61. The lowest BCUT2D eigenvalue weighted by Gasteiger charge is -2.26. The van der Waals surface area contributed by atoms with E-state index in [9.17, 15) is 30.8 Å². The number of sulfone groups is 1. The van der Waals surface area contributed by atoms with Crippen molar-refractivity contribution in [3.63, 3.8) is 0 Å². The maximum Gasteiger partial charge on any atom is 0.435 e. The van der Waals surface area contributed by atoms with Crippen molar-refractivity contribution in [3.8, 4) is 11.8 Å². The maximum absolute atomic E-state index is 14.7. The van der Waals surface area contributed by atoms with E-state index >= 15 is 0 Å². The van der Waals surface area contributed by atoms with Crippen molar-refractivity contribution in [2.24, 2.45) is 0 Å². The summed E-state index contributed by atoms with van der Waals surface area (Å²) in [7, 11) is -3.62. The fourth-order valence-electron chi connectivity index (χ4n) is 3.90. The zero-order valence-electron chi connectivity index (χ0n) is 20.0. The van der Waals surface area contributed by atoms with Crippen molar-refractivity contribution in [2.75, 3.05) is 11.6 Å². The summed E-state index contributed by atoms with van der Waals surface area (Å²) in [6, 6.07) is 6.74. The lowest BCUT2D eigenvalue weighted by molar-refractivity contribution is -0.142. The second-order valence-corrected chi connectivity index (χ2v) is 10.8. The zero-order valence-corrected chi connectivity index (χ0v) is 20.8. The minimum Gasteiger partial charge on any atom is -0.418 e. The fourth-order valence-corrected chi connectivity index (χ4v) is 4.57. The zero-order chi connectivity index (χ0) is 27.1. The van der Waals surface area contributed by atoms with E-state index in [1.54, 1.807) is 13.0 Å². The minimum absolute atomic E-state index is 0.00819. The molecule has 0 aliphatic heterocycles. The molecule has 1 amide bonds. The molecule has 1 aliphatic rings. The number of pyridine rings is 1. The van der Waals surface area contributed by atoms with Crippen LogP contribution in [0.3, 0.4) is 0 Å². The standard InChI is InChI=1S/C24H22F4N4O4S/c1-12-10-17(14-6-4-7-14)20(25)30-22(12)36-23-18(13(2)19(31-32-23)24(26,27)28)21(33)29-15-8-5-9-16(11-15)37(3,34)35/h5,8-11,14H,4,6-7H2,1-3H3,(H,29,33). The number of amides is 1. The number of hydrogen-bond donors (Lipinski definition) is 1. The second kappa shape index (κ2) is 9.69.